The SMILES string of the molecule is O=C(Nc1ccccc1Cl)[C@@H]1CCCN(c2nc3cccnc3s2)C1. The fourth-order valence-electron chi connectivity index (χ4n) is 3.06. The normalized spacial score (nSPS) is 17.6. The number of para-hydroxylation sites is 1. The Morgan fingerprint density at radius 3 is 3.00 bits per heavy atom. The van der Waals surface area contributed by atoms with Crippen molar-refractivity contribution in [2.75, 3.05) is 23.3 Å². The number of nitrogens with one attached hydrogen (secondary N) is 1. The summed E-state index contributed by atoms with van der Waals surface area (Å²) in [5, 5.41) is 4.44. The highest BCUT2D eigenvalue weighted by Crippen LogP contribution is 2.31. The van der Waals surface area contributed by atoms with Crippen molar-refractivity contribution in [3.63, 3.8) is 0 Å². The first kappa shape index (κ1) is 16.3. The van der Waals surface area contributed by atoms with Crippen molar-refractivity contribution >= 4 is 50.0 Å². The maximum Gasteiger partial charge on any atom is 0.229 e. The van der Waals surface area contributed by atoms with E-state index in [1.54, 1.807) is 23.6 Å². The minimum atomic E-state index is -0.0787. The van der Waals surface area contributed by atoms with E-state index < -0.39 is 0 Å². The van der Waals surface area contributed by atoms with Crippen LogP contribution in [0.25, 0.3) is 10.3 Å². The van der Waals surface area contributed by atoms with E-state index in [1.807, 2.05) is 30.3 Å². The average molecular weight is 373 g/mol. The van der Waals surface area contributed by atoms with Crippen molar-refractivity contribution in [3.05, 3.63) is 47.6 Å². The zero-order valence-electron chi connectivity index (χ0n) is 13.5. The average Bonchev–Trinajstić information content (AvgIpc) is 3.08. The summed E-state index contributed by atoms with van der Waals surface area (Å²) >= 11 is 7.71. The van der Waals surface area contributed by atoms with Gasteiger partial charge in [0.15, 0.2) is 5.13 Å². The van der Waals surface area contributed by atoms with E-state index in [0.717, 1.165) is 34.9 Å². The fraction of sp³-hybridized carbons (Fsp3) is 0.278. The van der Waals surface area contributed by atoms with Gasteiger partial charge in [0.2, 0.25) is 5.91 Å². The van der Waals surface area contributed by atoms with Crippen molar-refractivity contribution in [1.29, 1.82) is 0 Å². The lowest BCUT2D eigenvalue weighted by molar-refractivity contribution is -0.120. The summed E-state index contributed by atoms with van der Waals surface area (Å²) in [7, 11) is 0. The number of carbonyl (C=O) groups excluding carboxylic acids is 1. The molecule has 0 saturated carbocycles. The number of anilines is 2. The monoisotopic (exact) mass is 372 g/mol. The van der Waals surface area contributed by atoms with Crippen LogP contribution >= 0.6 is 22.9 Å². The number of carbonyl (C=O) groups is 1. The van der Waals surface area contributed by atoms with Crippen LogP contribution < -0.4 is 10.2 Å². The van der Waals surface area contributed by atoms with Crippen molar-refractivity contribution in [2.45, 2.75) is 12.8 Å². The predicted molar refractivity (Wildman–Crippen MR) is 102 cm³/mol. The third kappa shape index (κ3) is 3.45. The number of halogens is 1. The molecule has 128 valence electrons. The first-order chi connectivity index (χ1) is 12.2. The van der Waals surface area contributed by atoms with Gasteiger partial charge in [0.05, 0.1) is 16.6 Å². The summed E-state index contributed by atoms with van der Waals surface area (Å²) < 4.78 is 0. The molecule has 3 heterocycles. The van der Waals surface area contributed by atoms with Gasteiger partial charge < -0.3 is 10.2 Å². The number of nitrogens with zero attached hydrogens (tertiary/aromatic N) is 3. The Hall–Kier alpha value is -2.18. The van der Waals surface area contributed by atoms with Gasteiger partial charge in [-0.1, -0.05) is 35.1 Å². The third-order valence-electron chi connectivity index (χ3n) is 4.35. The van der Waals surface area contributed by atoms with Gasteiger partial charge in [0.25, 0.3) is 0 Å². The predicted octanol–water partition coefficient (Wildman–Crippen LogP) is 4.20. The highest BCUT2D eigenvalue weighted by atomic mass is 35.5. The lowest BCUT2D eigenvalue weighted by Gasteiger charge is -2.31. The molecule has 0 unspecified atom stereocenters. The number of pyridine rings is 1. The molecule has 4 rings (SSSR count). The molecule has 1 aliphatic rings. The second kappa shape index (κ2) is 6.98. The second-order valence-corrected chi connectivity index (χ2v) is 7.44. The molecule has 0 spiro atoms. The topological polar surface area (TPSA) is 58.1 Å². The summed E-state index contributed by atoms with van der Waals surface area (Å²) in [5.74, 6) is -0.0676. The molecule has 2 aromatic heterocycles. The molecule has 1 N–H and O–H groups in total. The van der Waals surface area contributed by atoms with E-state index in [-0.39, 0.29) is 11.8 Å². The number of rotatable bonds is 3. The standard InChI is InChI=1S/C18H17ClN4OS/c19-13-6-1-2-7-14(13)21-16(24)12-5-4-10-23(11-12)18-22-15-8-3-9-20-17(15)25-18/h1-3,6-9,12H,4-5,10-11H2,(H,21,24)/t12-/m1/s1. The van der Waals surface area contributed by atoms with E-state index in [2.05, 4.69) is 20.2 Å². The zero-order chi connectivity index (χ0) is 17.2. The summed E-state index contributed by atoms with van der Waals surface area (Å²) in [4.78, 5) is 24.8. The van der Waals surface area contributed by atoms with Crippen LogP contribution in [0.1, 0.15) is 12.8 Å². The summed E-state index contributed by atoms with van der Waals surface area (Å²) in [6, 6.07) is 11.2. The zero-order valence-corrected chi connectivity index (χ0v) is 15.1. The first-order valence-electron chi connectivity index (χ1n) is 8.22. The van der Waals surface area contributed by atoms with Crippen LogP contribution in [0.15, 0.2) is 42.6 Å². The molecule has 7 heteroatoms. The number of fused-ring (bicyclic) bond motifs is 1. The molecule has 1 atom stereocenters. The summed E-state index contributed by atoms with van der Waals surface area (Å²) in [5.41, 5.74) is 1.57. The molecule has 0 bridgehead atoms. The minimum Gasteiger partial charge on any atom is -0.347 e. The van der Waals surface area contributed by atoms with E-state index in [1.165, 1.54) is 0 Å². The van der Waals surface area contributed by atoms with Crippen molar-refractivity contribution < 1.29 is 4.79 Å². The molecule has 1 aromatic carbocycles. The summed E-state index contributed by atoms with van der Waals surface area (Å²) in [6.45, 7) is 1.58. The van der Waals surface area contributed by atoms with Crippen LogP contribution in [-0.4, -0.2) is 29.0 Å². The van der Waals surface area contributed by atoms with Gasteiger partial charge >= 0.3 is 0 Å². The Balaban J connectivity index is 1.48. The molecule has 25 heavy (non-hydrogen) atoms. The number of hydrogen-bond acceptors (Lipinski definition) is 5. The number of hydrogen-bond donors (Lipinski definition) is 1. The van der Waals surface area contributed by atoms with E-state index in [0.29, 0.717) is 17.3 Å². The van der Waals surface area contributed by atoms with E-state index >= 15 is 0 Å². The maximum absolute atomic E-state index is 12.6. The van der Waals surface area contributed by atoms with E-state index in [4.69, 9.17) is 11.6 Å². The van der Waals surface area contributed by atoms with Gasteiger partial charge in [0.1, 0.15) is 10.3 Å². The molecule has 0 radical (unpaired) electrons. The van der Waals surface area contributed by atoms with Gasteiger partial charge in [-0.05, 0) is 37.1 Å². The molecular weight excluding hydrogens is 356 g/mol. The largest absolute Gasteiger partial charge is 0.347 e. The Morgan fingerprint density at radius 2 is 2.16 bits per heavy atom. The third-order valence-corrected chi connectivity index (χ3v) is 5.72. The van der Waals surface area contributed by atoms with Gasteiger partial charge in [-0.25, -0.2) is 9.97 Å². The molecular formula is C18H17ClN4OS. The number of piperidine rings is 1. The molecule has 1 fully saturated rings. The molecule has 0 aliphatic carbocycles. The lowest BCUT2D eigenvalue weighted by Crippen LogP contribution is -2.40. The number of thiazole rings is 1. The maximum atomic E-state index is 12.6. The van der Waals surface area contributed by atoms with Gasteiger partial charge in [-0.2, -0.15) is 0 Å². The van der Waals surface area contributed by atoms with E-state index in [9.17, 15) is 4.79 Å². The minimum absolute atomic E-state index is 0.0111. The molecule has 1 saturated heterocycles. The molecule has 1 amide bonds. The second-order valence-electron chi connectivity index (χ2n) is 6.08. The fourth-order valence-corrected chi connectivity index (χ4v) is 4.18. The molecule has 3 aromatic rings. The van der Waals surface area contributed by atoms with Crippen LogP contribution in [-0.2, 0) is 4.79 Å². The molecule has 5 nitrogen and oxygen atoms in total. The Bertz CT molecular complexity index is 880. The summed E-state index contributed by atoms with van der Waals surface area (Å²) in [6.07, 6.45) is 3.61. The van der Waals surface area contributed by atoms with Gasteiger partial charge in [-0.15, -0.1) is 0 Å². The highest BCUT2D eigenvalue weighted by molar-refractivity contribution is 7.21. The number of amides is 1. The first-order valence-corrected chi connectivity index (χ1v) is 9.42. The molecule has 1 aliphatic heterocycles. The Morgan fingerprint density at radius 1 is 1.28 bits per heavy atom. The quantitative estimate of drug-likeness (QED) is 0.748. The van der Waals surface area contributed by atoms with Crippen LogP contribution in [0.2, 0.25) is 5.02 Å². The van der Waals surface area contributed by atoms with Crippen molar-refractivity contribution in [3.8, 4) is 0 Å². The van der Waals surface area contributed by atoms with Crippen LogP contribution in [0.5, 0.6) is 0 Å². The Labute approximate surface area is 154 Å². The van der Waals surface area contributed by atoms with Crippen LogP contribution in [0.4, 0.5) is 10.8 Å². The number of aromatic nitrogens is 2. The van der Waals surface area contributed by atoms with Gasteiger partial charge in [-0.3, -0.25) is 4.79 Å². The Kier molecular flexibility index (Phi) is 4.55. The van der Waals surface area contributed by atoms with Crippen LogP contribution in [0, 0.1) is 5.92 Å². The number of benzene rings is 1. The van der Waals surface area contributed by atoms with Gasteiger partial charge in [0, 0.05) is 19.3 Å². The highest BCUT2D eigenvalue weighted by Gasteiger charge is 2.27. The van der Waals surface area contributed by atoms with Crippen LogP contribution in [0.3, 0.4) is 0 Å². The van der Waals surface area contributed by atoms with Crippen molar-refractivity contribution in [1.82, 2.24) is 9.97 Å². The lowest BCUT2D eigenvalue weighted by atomic mass is 9.97. The van der Waals surface area contributed by atoms with Crippen molar-refractivity contribution in [2.24, 2.45) is 5.92 Å². The smallest absolute Gasteiger partial charge is 0.229 e.